The van der Waals surface area contributed by atoms with Crippen molar-refractivity contribution < 1.29 is 22.0 Å². The third-order valence-electron chi connectivity index (χ3n) is 2.06. The highest BCUT2D eigenvalue weighted by Crippen LogP contribution is 2.29. The molecule has 0 N–H and O–H groups in total. The maximum atomic E-state index is 12.4. The van der Waals surface area contributed by atoms with Gasteiger partial charge in [0.25, 0.3) is 6.43 Å². The van der Waals surface area contributed by atoms with Gasteiger partial charge >= 0.3 is 6.18 Å². The Kier molecular flexibility index (Phi) is 5.30. The quantitative estimate of drug-likeness (QED) is 0.605. The first kappa shape index (κ1) is 15.1. The number of alkyl halides is 6. The van der Waals surface area contributed by atoms with Crippen LogP contribution < -0.4 is 4.90 Å². The molecule has 0 bridgehead atoms. The summed E-state index contributed by atoms with van der Waals surface area (Å²) in [5, 5.41) is 0.359. The van der Waals surface area contributed by atoms with Gasteiger partial charge in [-0.3, -0.25) is 0 Å². The molecule has 0 saturated heterocycles. The summed E-state index contributed by atoms with van der Waals surface area (Å²) in [5.41, 5.74) is -1.09. The summed E-state index contributed by atoms with van der Waals surface area (Å²) >= 11 is 3.06. The minimum atomic E-state index is -4.58. The largest absolute Gasteiger partial charge is 0.433 e. The zero-order chi connectivity index (χ0) is 13.8. The second kappa shape index (κ2) is 6.31. The van der Waals surface area contributed by atoms with Gasteiger partial charge in [-0.05, 0) is 12.1 Å². The molecule has 0 radical (unpaired) electrons. The van der Waals surface area contributed by atoms with Crippen LogP contribution in [0.3, 0.4) is 0 Å². The van der Waals surface area contributed by atoms with Gasteiger partial charge in [-0.2, -0.15) is 13.2 Å². The Morgan fingerprint density at radius 2 is 1.94 bits per heavy atom. The maximum Gasteiger partial charge on any atom is 0.433 e. The number of nitrogens with zero attached hydrogens (tertiary/aromatic N) is 2. The van der Waals surface area contributed by atoms with Crippen LogP contribution in [-0.2, 0) is 6.18 Å². The summed E-state index contributed by atoms with van der Waals surface area (Å²) in [4.78, 5) is 4.47. The Labute approximate surface area is 109 Å². The molecule has 0 aliphatic rings. The number of rotatable bonds is 5. The topological polar surface area (TPSA) is 16.1 Å². The molecule has 0 unspecified atom stereocenters. The van der Waals surface area contributed by atoms with Gasteiger partial charge in [0.05, 0.1) is 6.54 Å². The van der Waals surface area contributed by atoms with Crippen LogP contribution in [0, 0.1) is 0 Å². The van der Waals surface area contributed by atoms with Crippen LogP contribution in [0.5, 0.6) is 0 Å². The minimum absolute atomic E-state index is 0.107. The van der Waals surface area contributed by atoms with Gasteiger partial charge in [0.1, 0.15) is 11.5 Å². The van der Waals surface area contributed by atoms with E-state index in [9.17, 15) is 22.0 Å². The molecule has 0 aliphatic heterocycles. The van der Waals surface area contributed by atoms with Crippen molar-refractivity contribution in [2.45, 2.75) is 12.6 Å². The number of hydrogen-bond acceptors (Lipinski definition) is 2. The Morgan fingerprint density at radius 3 is 2.44 bits per heavy atom. The normalized spacial score (nSPS) is 11.9. The molecule has 0 fully saturated rings. The van der Waals surface area contributed by atoms with Crippen LogP contribution in [0.25, 0.3) is 0 Å². The van der Waals surface area contributed by atoms with Gasteiger partial charge in [0.2, 0.25) is 0 Å². The monoisotopic (exact) mass is 332 g/mol. The predicted molar refractivity (Wildman–Crippen MR) is 61.3 cm³/mol. The van der Waals surface area contributed by atoms with Gasteiger partial charge in [-0.15, -0.1) is 0 Å². The fraction of sp³-hybridized carbons (Fsp3) is 0.500. The van der Waals surface area contributed by atoms with E-state index in [0.717, 1.165) is 17.0 Å². The van der Waals surface area contributed by atoms with Crippen molar-refractivity contribution in [3.8, 4) is 0 Å². The van der Waals surface area contributed by atoms with Crippen LogP contribution in [-0.4, -0.2) is 29.8 Å². The fourth-order valence-corrected chi connectivity index (χ4v) is 1.75. The van der Waals surface area contributed by atoms with Gasteiger partial charge in [0, 0.05) is 11.9 Å². The van der Waals surface area contributed by atoms with Gasteiger partial charge in [-0.25, -0.2) is 13.8 Å². The first-order chi connectivity index (χ1) is 8.34. The zero-order valence-electron chi connectivity index (χ0n) is 9.09. The van der Waals surface area contributed by atoms with Crippen molar-refractivity contribution in [3.05, 3.63) is 23.9 Å². The van der Waals surface area contributed by atoms with E-state index in [1.54, 1.807) is 0 Å². The molecule has 0 atom stereocenters. The molecule has 0 spiro atoms. The van der Waals surface area contributed by atoms with Crippen molar-refractivity contribution in [1.29, 1.82) is 0 Å². The number of halogens is 6. The lowest BCUT2D eigenvalue weighted by Crippen LogP contribution is -2.31. The first-order valence-electron chi connectivity index (χ1n) is 4.98. The lowest BCUT2D eigenvalue weighted by Gasteiger charge is -2.23. The van der Waals surface area contributed by atoms with Gasteiger partial charge in [0.15, 0.2) is 0 Å². The molecule has 0 aromatic carbocycles. The van der Waals surface area contributed by atoms with Crippen LogP contribution in [0.1, 0.15) is 5.69 Å². The Bertz CT molecular complexity index is 383. The van der Waals surface area contributed by atoms with Crippen LogP contribution in [0.15, 0.2) is 18.2 Å². The average Bonchev–Trinajstić information content (AvgIpc) is 2.27. The first-order valence-corrected chi connectivity index (χ1v) is 6.10. The Morgan fingerprint density at radius 1 is 1.28 bits per heavy atom. The lowest BCUT2D eigenvalue weighted by molar-refractivity contribution is -0.141. The van der Waals surface area contributed by atoms with E-state index < -0.39 is 24.8 Å². The molecule has 0 saturated carbocycles. The van der Waals surface area contributed by atoms with E-state index in [0.29, 0.717) is 5.33 Å². The lowest BCUT2D eigenvalue weighted by atomic mass is 10.3. The molecular weight excluding hydrogens is 323 g/mol. The summed E-state index contributed by atoms with van der Waals surface area (Å²) in [6.45, 7) is -0.501. The van der Waals surface area contributed by atoms with E-state index >= 15 is 0 Å². The number of hydrogen-bond donors (Lipinski definition) is 0. The molecule has 2 nitrogen and oxygen atoms in total. The molecule has 18 heavy (non-hydrogen) atoms. The summed E-state index contributed by atoms with van der Waals surface area (Å²) in [6.07, 6.45) is -7.22. The fourth-order valence-electron chi connectivity index (χ4n) is 1.33. The predicted octanol–water partition coefficient (Wildman–Crippen LogP) is 3.57. The third kappa shape index (κ3) is 4.40. The van der Waals surface area contributed by atoms with Crippen LogP contribution in [0.4, 0.5) is 27.8 Å². The molecule has 1 heterocycles. The SMILES string of the molecule is FC(F)CN(CCBr)c1cccc(C(F)(F)F)n1. The molecule has 0 aliphatic carbocycles. The highest BCUT2D eigenvalue weighted by Gasteiger charge is 2.32. The smallest absolute Gasteiger partial charge is 0.350 e. The molecule has 1 rings (SSSR count). The summed E-state index contributed by atoms with van der Waals surface area (Å²) in [7, 11) is 0. The van der Waals surface area contributed by atoms with E-state index in [-0.39, 0.29) is 12.4 Å². The second-order valence-corrected chi connectivity index (χ2v) is 4.20. The van der Waals surface area contributed by atoms with Gasteiger partial charge < -0.3 is 4.90 Å². The van der Waals surface area contributed by atoms with Crippen LogP contribution >= 0.6 is 15.9 Å². The van der Waals surface area contributed by atoms with E-state index in [2.05, 4.69) is 20.9 Å². The minimum Gasteiger partial charge on any atom is -0.350 e. The Balaban J connectivity index is 2.97. The van der Waals surface area contributed by atoms with E-state index in [4.69, 9.17) is 0 Å². The standard InChI is InChI=1S/C10H10BrF5N2/c11-4-5-18(6-8(12)13)9-3-1-2-7(17-9)10(14,15)16/h1-3,8H,4-6H2. The van der Waals surface area contributed by atoms with Crippen molar-refractivity contribution >= 4 is 21.7 Å². The van der Waals surface area contributed by atoms with Crippen molar-refractivity contribution in [3.63, 3.8) is 0 Å². The molecule has 1 aromatic heterocycles. The molecule has 1 aromatic rings. The third-order valence-corrected chi connectivity index (χ3v) is 2.42. The average molecular weight is 333 g/mol. The molecular formula is C10H10BrF5N2. The summed E-state index contributed by atoms with van der Waals surface area (Å²) in [6, 6.07) is 3.23. The second-order valence-electron chi connectivity index (χ2n) is 3.40. The molecule has 8 heteroatoms. The molecule has 102 valence electrons. The maximum absolute atomic E-state index is 12.4. The molecule has 0 amide bonds. The zero-order valence-corrected chi connectivity index (χ0v) is 10.7. The van der Waals surface area contributed by atoms with Gasteiger partial charge in [-0.1, -0.05) is 22.0 Å². The van der Waals surface area contributed by atoms with E-state index in [1.165, 1.54) is 6.07 Å². The van der Waals surface area contributed by atoms with Crippen molar-refractivity contribution in [1.82, 2.24) is 4.98 Å². The van der Waals surface area contributed by atoms with Crippen molar-refractivity contribution in [2.24, 2.45) is 0 Å². The Hall–Kier alpha value is -0.920. The van der Waals surface area contributed by atoms with Crippen LogP contribution in [0.2, 0.25) is 0 Å². The number of anilines is 1. The van der Waals surface area contributed by atoms with E-state index in [1.807, 2.05) is 0 Å². The number of aromatic nitrogens is 1. The number of pyridine rings is 1. The highest BCUT2D eigenvalue weighted by atomic mass is 79.9. The summed E-state index contributed by atoms with van der Waals surface area (Å²) < 4.78 is 62.0. The summed E-state index contributed by atoms with van der Waals surface area (Å²) in [5.74, 6) is -0.107. The van der Waals surface area contributed by atoms with Crippen molar-refractivity contribution in [2.75, 3.05) is 23.3 Å². The highest BCUT2D eigenvalue weighted by molar-refractivity contribution is 9.09.